The first-order chi connectivity index (χ1) is 8.66. The molecule has 2 heterocycles. The number of nitrogens with zero attached hydrogens (tertiary/aromatic N) is 2. The van der Waals surface area contributed by atoms with Gasteiger partial charge in [0.25, 0.3) is 0 Å². The van der Waals surface area contributed by atoms with Gasteiger partial charge in [-0.1, -0.05) is 0 Å². The van der Waals surface area contributed by atoms with Gasteiger partial charge in [-0.3, -0.25) is 14.5 Å². The molecule has 1 aliphatic heterocycles. The molecule has 0 spiro atoms. The average molecular weight is 250 g/mol. The molecular weight excluding hydrogens is 232 g/mol. The highest BCUT2D eigenvalue weighted by molar-refractivity contribution is 5.95. The summed E-state index contributed by atoms with van der Waals surface area (Å²) in [6, 6.07) is 3.32. The van der Waals surface area contributed by atoms with Gasteiger partial charge in [0, 0.05) is 13.1 Å². The molecule has 98 valence electrons. The van der Waals surface area contributed by atoms with Crippen LogP contribution in [-0.4, -0.2) is 54.7 Å². The van der Waals surface area contributed by atoms with Crippen molar-refractivity contribution in [1.82, 2.24) is 9.80 Å². The predicted molar refractivity (Wildman–Crippen MR) is 66.3 cm³/mol. The minimum absolute atomic E-state index is 0.0993. The van der Waals surface area contributed by atoms with Crippen molar-refractivity contribution >= 4 is 11.7 Å². The molecule has 1 amide bonds. The molecule has 0 radical (unpaired) electrons. The van der Waals surface area contributed by atoms with Gasteiger partial charge in [-0.15, -0.1) is 0 Å². The van der Waals surface area contributed by atoms with Crippen LogP contribution in [0, 0.1) is 0 Å². The Morgan fingerprint density at radius 3 is 2.67 bits per heavy atom. The Morgan fingerprint density at radius 2 is 2.06 bits per heavy atom. The second-order valence-electron chi connectivity index (χ2n) is 4.66. The third kappa shape index (κ3) is 3.20. The van der Waals surface area contributed by atoms with Crippen LogP contribution in [0.4, 0.5) is 0 Å². The number of amides is 1. The number of ketones is 1. The highest BCUT2D eigenvalue weighted by atomic mass is 16.3. The topological polar surface area (TPSA) is 53.8 Å². The lowest BCUT2D eigenvalue weighted by molar-refractivity contribution is -0.130. The molecule has 0 saturated carbocycles. The monoisotopic (exact) mass is 250 g/mol. The molecule has 0 aliphatic carbocycles. The summed E-state index contributed by atoms with van der Waals surface area (Å²) in [6.45, 7) is 2.18. The standard InChI is InChI=1S/C13H18N2O3/c1-14(9-11(16)12-5-4-8-18-12)10-13(17)15-6-2-3-7-15/h4-5,8H,2-3,6-7,9-10H2,1H3. The van der Waals surface area contributed by atoms with Crippen LogP contribution in [0.1, 0.15) is 23.4 Å². The van der Waals surface area contributed by atoms with Crippen molar-refractivity contribution in [3.63, 3.8) is 0 Å². The van der Waals surface area contributed by atoms with Crippen molar-refractivity contribution in [3.8, 4) is 0 Å². The van der Waals surface area contributed by atoms with Crippen LogP contribution in [0.15, 0.2) is 22.8 Å². The molecule has 18 heavy (non-hydrogen) atoms. The number of carbonyl (C=O) groups is 2. The van der Waals surface area contributed by atoms with E-state index in [9.17, 15) is 9.59 Å². The van der Waals surface area contributed by atoms with Crippen molar-refractivity contribution in [2.75, 3.05) is 33.2 Å². The lowest BCUT2D eigenvalue weighted by Gasteiger charge is -2.20. The van der Waals surface area contributed by atoms with E-state index in [2.05, 4.69) is 0 Å². The molecule has 1 saturated heterocycles. The zero-order valence-corrected chi connectivity index (χ0v) is 10.6. The number of hydrogen-bond acceptors (Lipinski definition) is 4. The molecule has 0 N–H and O–H groups in total. The lowest BCUT2D eigenvalue weighted by atomic mass is 10.3. The van der Waals surface area contributed by atoms with Crippen LogP contribution in [0.5, 0.6) is 0 Å². The van der Waals surface area contributed by atoms with Crippen LogP contribution in [-0.2, 0) is 4.79 Å². The van der Waals surface area contributed by atoms with E-state index >= 15 is 0 Å². The molecule has 1 aromatic rings. The maximum absolute atomic E-state index is 11.9. The summed E-state index contributed by atoms with van der Waals surface area (Å²) in [7, 11) is 1.77. The lowest BCUT2D eigenvalue weighted by Crippen LogP contribution is -2.39. The fourth-order valence-electron chi connectivity index (χ4n) is 2.11. The van der Waals surface area contributed by atoms with Gasteiger partial charge < -0.3 is 9.32 Å². The Hall–Kier alpha value is -1.62. The molecule has 1 aliphatic rings. The second kappa shape index (κ2) is 5.82. The largest absolute Gasteiger partial charge is 0.461 e. The van der Waals surface area contributed by atoms with E-state index in [4.69, 9.17) is 4.42 Å². The maximum atomic E-state index is 11.9. The van der Waals surface area contributed by atoms with Gasteiger partial charge in [0.15, 0.2) is 5.76 Å². The molecule has 1 aromatic heterocycles. The fraction of sp³-hybridized carbons (Fsp3) is 0.538. The molecular formula is C13H18N2O3. The number of likely N-dealkylation sites (N-methyl/N-ethyl adjacent to an activating group) is 1. The third-order valence-electron chi connectivity index (χ3n) is 3.07. The van der Waals surface area contributed by atoms with Crippen molar-refractivity contribution in [2.24, 2.45) is 0 Å². The molecule has 2 rings (SSSR count). The number of carbonyl (C=O) groups excluding carboxylic acids is 2. The zero-order valence-electron chi connectivity index (χ0n) is 10.6. The molecule has 5 heteroatoms. The van der Waals surface area contributed by atoms with Crippen LogP contribution < -0.4 is 0 Å². The summed E-state index contributed by atoms with van der Waals surface area (Å²) < 4.78 is 5.03. The summed E-state index contributed by atoms with van der Waals surface area (Å²) in [4.78, 5) is 27.2. The van der Waals surface area contributed by atoms with E-state index < -0.39 is 0 Å². The van der Waals surface area contributed by atoms with Gasteiger partial charge in [0.1, 0.15) is 0 Å². The minimum atomic E-state index is -0.100. The van der Waals surface area contributed by atoms with Crippen LogP contribution in [0.2, 0.25) is 0 Å². The van der Waals surface area contributed by atoms with E-state index in [0.29, 0.717) is 5.76 Å². The van der Waals surface area contributed by atoms with Gasteiger partial charge in [0.05, 0.1) is 19.4 Å². The molecule has 0 aromatic carbocycles. The van der Waals surface area contributed by atoms with Crippen molar-refractivity contribution in [1.29, 1.82) is 0 Å². The second-order valence-corrected chi connectivity index (χ2v) is 4.66. The fourth-order valence-corrected chi connectivity index (χ4v) is 2.11. The highest BCUT2D eigenvalue weighted by Crippen LogP contribution is 2.08. The highest BCUT2D eigenvalue weighted by Gasteiger charge is 2.20. The smallest absolute Gasteiger partial charge is 0.236 e. The van der Waals surface area contributed by atoms with E-state index in [1.54, 1.807) is 24.1 Å². The first-order valence-electron chi connectivity index (χ1n) is 6.20. The van der Waals surface area contributed by atoms with Crippen molar-refractivity contribution in [3.05, 3.63) is 24.2 Å². The molecule has 0 atom stereocenters. The summed E-state index contributed by atoms with van der Waals surface area (Å²) in [5.74, 6) is 0.342. The minimum Gasteiger partial charge on any atom is -0.461 e. The van der Waals surface area contributed by atoms with E-state index in [0.717, 1.165) is 25.9 Å². The Labute approximate surface area is 106 Å². The summed E-state index contributed by atoms with van der Waals surface area (Å²) in [5, 5.41) is 0. The molecule has 1 fully saturated rings. The Morgan fingerprint density at radius 1 is 1.33 bits per heavy atom. The average Bonchev–Trinajstić information content (AvgIpc) is 3.02. The number of furan rings is 1. The summed E-state index contributed by atoms with van der Waals surface area (Å²) in [5.41, 5.74) is 0. The van der Waals surface area contributed by atoms with E-state index in [-0.39, 0.29) is 24.8 Å². The van der Waals surface area contributed by atoms with Crippen molar-refractivity contribution in [2.45, 2.75) is 12.8 Å². The molecule has 0 unspecified atom stereocenters. The Bertz CT molecular complexity index is 408. The Balaban J connectivity index is 1.79. The normalized spacial score (nSPS) is 15.3. The predicted octanol–water partition coefficient (Wildman–Crippen LogP) is 1.02. The number of hydrogen-bond donors (Lipinski definition) is 0. The first-order valence-corrected chi connectivity index (χ1v) is 6.20. The summed E-state index contributed by atoms with van der Waals surface area (Å²) in [6.07, 6.45) is 3.64. The van der Waals surface area contributed by atoms with Gasteiger partial charge in [0.2, 0.25) is 11.7 Å². The van der Waals surface area contributed by atoms with Crippen LogP contribution in [0.3, 0.4) is 0 Å². The number of Topliss-reactive ketones (excluding diaryl/α,β-unsaturated/α-hetero) is 1. The van der Waals surface area contributed by atoms with Gasteiger partial charge >= 0.3 is 0 Å². The van der Waals surface area contributed by atoms with Crippen LogP contribution in [0.25, 0.3) is 0 Å². The van der Waals surface area contributed by atoms with E-state index in [1.165, 1.54) is 6.26 Å². The zero-order chi connectivity index (χ0) is 13.0. The number of rotatable bonds is 5. The van der Waals surface area contributed by atoms with E-state index in [1.807, 2.05) is 4.90 Å². The number of likely N-dealkylation sites (tertiary alicyclic amines) is 1. The maximum Gasteiger partial charge on any atom is 0.236 e. The Kier molecular flexibility index (Phi) is 4.15. The first kappa shape index (κ1) is 12.8. The van der Waals surface area contributed by atoms with Gasteiger partial charge in [-0.2, -0.15) is 0 Å². The van der Waals surface area contributed by atoms with Crippen LogP contribution >= 0.6 is 0 Å². The van der Waals surface area contributed by atoms with Gasteiger partial charge in [-0.05, 0) is 32.0 Å². The molecule has 0 bridgehead atoms. The summed E-state index contributed by atoms with van der Waals surface area (Å²) >= 11 is 0. The third-order valence-corrected chi connectivity index (χ3v) is 3.07. The SMILES string of the molecule is CN(CC(=O)c1ccco1)CC(=O)N1CCCC1. The molecule has 5 nitrogen and oxygen atoms in total. The van der Waals surface area contributed by atoms with Gasteiger partial charge in [-0.25, -0.2) is 0 Å². The quantitative estimate of drug-likeness (QED) is 0.732. The van der Waals surface area contributed by atoms with Crippen molar-refractivity contribution < 1.29 is 14.0 Å².